The molecular formula is C11H19FN4. The van der Waals surface area contributed by atoms with Gasteiger partial charge >= 0.3 is 0 Å². The highest BCUT2D eigenvalue weighted by Gasteiger charge is 2.26. The third-order valence-electron chi connectivity index (χ3n) is 2.91. The highest BCUT2D eigenvalue weighted by Crippen LogP contribution is 2.27. The second kappa shape index (κ2) is 4.23. The van der Waals surface area contributed by atoms with Gasteiger partial charge in [-0.05, 0) is 12.3 Å². The lowest BCUT2D eigenvalue weighted by atomic mass is 9.87. The zero-order valence-electron chi connectivity index (χ0n) is 10.5. The molecule has 90 valence electrons. The summed E-state index contributed by atoms with van der Waals surface area (Å²) in [5.74, 6) is -0.118. The Morgan fingerprint density at radius 3 is 2.50 bits per heavy atom. The molecule has 1 unspecified atom stereocenters. The lowest BCUT2D eigenvalue weighted by Crippen LogP contribution is -2.40. The van der Waals surface area contributed by atoms with Crippen molar-refractivity contribution in [2.45, 2.75) is 33.7 Å². The van der Waals surface area contributed by atoms with Gasteiger partial charge < -0.3 is 10.6 Å². The van der Waals surface area contributed by atoms with Crippen LogP contribution in [-0.2, 0) is 0 Å². The van der Waals surface area contributed by atoms with Crippen LogP contribution in [0.4, 0.5) is 16.2 Å². The number of hydrogen-bond donors (Lipinski definition) is 1. The van der Waals surface area contributed by atoms with Crippen molar-refractivity contribution in [2.24, 2.45) is 5.41 Å². The van der Waals surface area contributed by atoms with E-state index in [0.717, 1.165) is 6.20 Å². The van der Waals surface area contributed by atoms with Gasteiger partial charge in [-0.15, -0.1) is 0 Å². The van der Waals surface area contributed by atoms with Gasteiger partial charge in [0.15, 0.2) is 11.6 Å². The van der Waals surface area contributed by atoms with E-state index in [4.69, 9.17) is 5.73 Å². The molecule has 0 aliphatic heterocycles. The van der Waals surface area contributed by atoms with Gasteiger partial charge in [0.1, 0.15) is 0 Å². The number of nitrogens with two attached hydrogens (primary N) is 1. The Hall–Kier alpha value is -1.39. The lowest BCUT2D eigenvalue weighted by Gasteiger charge is -2.36. The molecule has 4 nitrogen and oxygen atoms in total. The number of halogens is 1. The predicted octanol–water partition coefficient (Wildman–Crippen LogP) is 2.07. The molecule has 0 saturated heterocycles. The normalized spacial score (nSPS) is 13.6. The van der Waals surface area contributed by atoms with Crippen molar-refractivity contribution in [3.63, 3.8) is 0 Å². The summed E-state index contributed by atoms with van der Waals surface area (Å²) in [5, 5.41) is 0. The van der Waals surface area contributed by atoms with Gasteiger partial charge in [0.05, 0.1) is 6.20 Å². The predicted molar refractivity (Wildman–Crippen MR) is 63.7 cm³/mol. The van der Waals surface area contributed by atoms with Crippen LogP contribution in [0, 0.1) is 11.2 Å². The van der Waals surface area contributed by atoms with Gasteiger partial charge in [0.25, 0.3) is 0 Å². The molecule has 2 N–H and O–H groups in total. The Labute approximate surface area is 95.7 Å². The summed E-state index contributed by atoms with van der Waals surface area (Å²) in [6.07, 6.45) is 1.10. The van der Waals surface area contributed by atoms with Crippen molar-refractivity contribution < 1.29 is 4.39 Å². The minimum atomic E-state index is -0.451. The van der Waals surface area contributed by atoms with Crippen molar-refractivity contribution in [3.05, 3.63) is 12.0 Å². The molecule has 0 fully saturated rings. The molecule has 16 heavy (non-hydrogen) atoms. The van der Waals surface area contributed by atoms with Crippen LogP contribution in [-0.4, -0.2) is 23.1 Å². The topological polar surface area (TPSA) is 55.0 Å². The second-order valence-corrected chi connectivity index (χ2v) is 5.05. The third kappa shape index (κ3) is 2.59. The molecule has 1 aromatic rings. The lowest BCUT2D eigenvalue weighted by molar-refractivity contribution is 0.326. The van der Waals surface area contributed by atoms with E-state index in [2.05, 4.69) is 30.7 Å². The molecule has 1 aromatic heterocycles. The molecule has 0 aliphatic carbocycles. The SMILES string of the molecule is CC(N(C)c1nc(N)ncc1F)C(C)(C)C. The van der Waals surface area contributed by atoms with Crippen molar-refractivity contribution in [3.8, 4) is 0 Å². The van der Waals surface area contributed by atoms with E-state index in [1.807, 2.05) is 6.92 Å². The Kier molecular flexibility index (Phi) is 3.35. The molecule has 0 spiro atoms. The number of anilines is 2. The summed E-state index contributed by atoms with van der Waals surface area (Å²) in [6.45, 7) is 8.31. The van der Waals surface area contributed by atoms with Crippen LogP contribution in [0.5, 0.6) is 0 Å². The highest BCUT2D eigenvalue weighted by molar-refractivity contribution is 5.42. The quantitative estimate of drug-likeness (QED) is 0.838. The summed E-state index contributed by atoms with van der Waals surface area (Å²) in [6, 6.07) is 0.135. The van der Waals surface area contributed by atoms with E-state index in [-0.39, 0.29) is 23.2 Å². The van der Waals surface area contributed by atoms with Crippen LogP contribution in [0.15, 0.2) is 6.20 Å². The first kappa shape index (κ1) is 12.7. The van der Waals surface area contributed by atoms with E-state index >= 15 is 0 Å². The molecule has 0 aromatic carbocycles. The van der Waals surface area contributed by atoms with Crippen LogP contribution in [0.3, 0.4) is 0 Å². The zero-order chi connectivity index (χ0) is 12.5. The zero-order valence-corrected chi connectivity index (χ0v) is 10.5. The minimum Gasteiger partial charge on any atom is -0.368 e. The molecule has 1 rings (SSSR count). The molecule has 0 bridgehead atoms. The van der Waals surface area contributed by atoms with E-state index in [0.29, 0.717) is 0 Å². The third-order valence-corrected chi connectivity index (χ3v) is 2.91. The van der Waals surface area contributed by atoms with E-state index in [9.17, 15) is 4.39 Å². The molecule has 1 heterocycles. The van der Waals surface area contributed by atoms with Crippen molar-refractivity contribution in [1.82, 2.24) is 9.97 Å². The molecular weight excluding hydrogens is 207 g/mol. The molecule has 1 atom stereocenters. The minimum absolute atomic E-state index is 0.0287. The van der Waals surface area contributed by atoms with Gasteiger partial charge in [0, 0.05) is 13.1 Å². The number of nitrogens with zero attached hydrogens (tertiary/aromatic N) is 3. The van der Waals surface area contributed by atoms with Crippen LogP contribution >= 0.6 is 0 Å². The first-order chi connectivity index (χ1) is 7.23. The average molecular weight is 226 g/mol. The fourth-order valence-corrected chi connectivity index (χ4v) is 1.38. The van der Waals surface area contributed by atoms with E-state index < -0.39 is 5.82 Å². The van der Waals surface area contributed by atoms with E-state index in [1.165, 1.54) is 0 Å². The van der Waals surface area contributed by atoms with Gasteiger partial charge in [-0.3, -0.25) is 0 Å². The van der Waals surface area contributed by atoms with Crippen molar-refractivity contribution in [2.75, 3.05) is 17.7 Å². The summed E-state index contributed by atoms with van der Waals surface area (Å²) in [5.41, 5.74) is 5.49. The van der Waals surface area contributed by atoms with Gasteiger partial charge in [-0.25, -0.2) is 9.37 Å². The molecule has 0 radical (unpaired) electrons. The van der Waals surface area contributed by atoms with Crippen molar-refractivity contribution >= 4 is 11.8 Å². The van der Waals surface area contributed by atoms with Crippen LogP contribution in [0.1, 0.15) is 27.7 Å². The molecule has 0 saturated carbocycles. The first-order valence-electron chi connectivity index (χ1n) is 5.24. The van der Waals surface area contributed by atoms with Crippen molar-refractivity contribution in [1.29, 1.82) is 0 Å². The molecule has 5 heteroatoms. The van der Waals surface area contributed by atoms with Crippen LogP contribution < -0.4 is 10.6 Å². The molecule has 0 aliphatic rings. The maximum Gasteiger partial charge on any atom is 0.222 e. The summed E-state index contributed by atoms with van der Waals surface area (Å²) in [7, 11) is 1.81. The largest absolute Gasteiger partial charge is 0.368 e. The van der Waals surface area contributed by atoms with E-state index in [1.54, 1.807) is 11.9 Å². The molecule has 0 amide bonds. The fourth-order valence-electron chi connectivity index (χ4n) is 1.38. The summed E-state index contributed by atoms with van der Waals surface area (Å²) in [4.78, 5) is 9.32. The Morgan fingerprint density at radius 2 is 2.00 bits per heavy atom. The highest BCUT2D eigenvalue weighted by atomic mass is 19.1. The van der Waals surface area contributed by atoms with Crippen LogP contribution in [0.25, 0.3) is 0 Å². The number of rotatable bonds is 2. The van der Waals surface area contributed by atoms with Crippen LogP contribution in [0.2, 0.25) is 0 Å². The Balaban J connectivity index is 3.05. The summed E-state index contributed by atoms with van der Waals surface area (Å²) >= 11 is 0. The maximum atomic E-state index is 13.5. The summed E-state index contributed by atoms with van der Waals surface area (Å²) < 4.78 is 13.5. The smallest absolute Gasteiger partial charge is 0.222 e. The monoisotopic (exact) mass is 226 g/mol. The Morgan fingerprint density at radius 1 is 1.44 bits per heavy atom. The Bertz CT molecular complexity index is 373. The average Bonchev–Trinajstić information content (AvgIpc) is 2.18. The fraction of sp³-hybridized carbons (Fsp3) is 0.636. The maximum absolute atomic E-state index is 13.5. The second-order valence-electron chi connectivity index (χ2n) is 5.05. The van der Waals surface area contributed by atoms with Gasteiger partial charge in [-0.2, -0.15) is 4.98 Å². The standard InChI is InChI=1S/C11H19FN4/c1-7(11(2,3)4)16(5)9-8(12)6-14-10(13)15-9/h6-7H,1-5H3,(H2,13,14,15). The number of aromatic nitrogens is 2. The van der Waals surface area contributed by atoms with Gasteiger partial charge in [0.2, 0.25) is 5.95 Å². The number of hydrogen-bond acceptors (Lipinski definition) is 4. The van der Waals surface area contributed by atoms with Gasteiger partial charge in [-0.1, -0.05) is 20.8 Å². The first-order valence-corrected chi connectivity index (χ1v) is 5.24. The number of nitrogen functional groups attached to an aromatic ring is 1.